The molecule has 21 heavy (non-hydrogen) atoms. The van der Waals surface area contributed by atoms with Crippen molar-refractivity contribution in [2.45, 2.75) is 32.2 Å². The van der Waals surface area contributed by atoms with Gasteiger partial charge in [0.1, 0.15) is 0 Å². The summed E-state index contributed by atoms with van der Waals surface area (Å²) in [6.45, 7) is 3.38. The molecule has 1 heterocycles. The molecule has 3 amide bonds. The lowest BCUT2D eigenvalue weighted by molar-refractivity contribution is -0.117. The topological polar surface area (TPSA) is 52.7 Å². The Morgan fingerprint density at radius 2 is 2.10 bits per heavy atom. The number of hydrogen-bond donors (Lipinski definition) is 1. The van der Waals surface area contributed by atoms with Gasteiger partial charge in [-0.3, -0.25) is 4.79 Å². The quantitative estimate of drug-likeness (QED) is 0.903. The number of rotatable bonds is 5. The van der Waals surface area contributed by atoms with E-state index in [9.17, 15) is 9.59 Å². The molecule has 0 bridgehead atoms. The lowest BCUT2D eigenvalue weighted by Crippen LogP contribution is -2.44. The van der Waals surface area contributed by atoms with Crippen molar-refractivity contribution in [1.29, 1.82) is 0 Å². The van der Waals surface area contributed by atoms with E-state index >= 15 is 0 Å². The number of anilines is 1. The predicted molar refractivity (Wildman–Crippen MR) is 83.3 cm³/mol. The summed E-state index contributed by atoms with van der Waals surface area (Å²) in [5.74, 6) is 0.0581. The Bertz CT molecular complexity index is 490. The second kappa shape index (κ2) is 7.11. The van der Waals surface area contributed by atoms with Gasteiger partial charge in [0, 0.05) is 32.2 Å². The van der Waals surface area contributed by atoms with Crippen LogP contribution in [0.4, 0.5) is 10.5 Å². The van der Waals surface area contributed by atoms with Crippen LogP contribution in [0.5, 0.6) is 0 Å². The second-order valence-electron chi connectivity index (χ2n) is 5.47. The Kier molecular flexibility index (Phi) is 5.20. The molecule has 0 aliphatic carbocycles. The van der Waals surface area contributed by atoms with Gasteiger partial charge in [-0.25, -0.2) is 4.79 Å². The van der Waals surface area contributed by atoms with Crippen molar-refractivity contribution in [2.75, 3.05) is 25.0 Å². The van der Waals surface area contributed by atoms with Crippen LogP contribution >= 0.6 is 0 Å². The minimum absolute atomic E-state index is 0.0581. The standard InChI is InChI=1S/C16H23N3O2/c1-3-4-10-18(2)16(21)17-13-11-15(20)19(12-13)14-8-6-5-7-9-14/h5-9,13H,3-4,10-12H2,1-2H3,(H,17,21)/t13-/m0/s1. The number of benzene rings is 1. The number of hydrogen-bond acceptors (Lipinski definition) is 2. The maximum absolute atomic E-state index is 12.1. The molecule has 1 aliphatic rings. The number of unbranched alkanes of at least 4 members (excludes halogenated alkanes) is 1. The van der Waals surface area contributed by atoms with Crippen molar-refractivity contribution in [1.82, 2.24) is 10.2 Å². The monoisotopic (exact) mass is 289 g/mol. The van der Waals surface area contributed by atoms with E-state index < -0.39 is 0 Å². The van der Waals surface area contributed by atoms with E-state index in [2.05, 4.69) is 12.2 Å². The average Bonchev–Trinajstić information content (AvgIpc) is 2.86. The van der Waals surface area contributed by atoms with Crippen LogP contribution < -0.4 is 10.2 Å². The minimum Gasteiger partial charge on any atom is -0.333 e. The zero-order chi connectivity index (χ0) is 15.2. The van der Waals surface area contributed by atoms with Crippen LogP contribution in [0.25, 0.3) is 0 Å². The van der Waals surface area contributed by atoms with Gasteiger partial charge in [0.05, 0.1) is 6.04 Å². The molecule has 1 aromatic carbocycles. The lowest BCUT2D eigenvalue weighted by atomic mass is 10.2. The van der Waals surface area contributed by atoms with Gasteiger partial charge in [-0.2, -0.15) is 0 Å². The first-order chi connectivity index (χ1) is 10.1. The molecule has 114 valence electrons. The molecule has 0 radical (unpaired) electrons. The van der Waals surface area contributed by atoms with E-state index in [1.165, 1.54) is 0 Å². The fourth-order valence-corrected chi connectivity index (χ4v) is 2.44. The Morgan fingerprint density at radius 3 is 2.76 bits per heavy atom. The first-order valence-electron chi connectivity index (χ1n) is 7.49. The number of carbonyl (C=O) groups is 2. The van der Waals surface area contributed by atoms with Gasteiger partial charge in [-0.1, -0.05) is 31.5 Å². The molecule has 1 fully saturated rings. The molecule has 0 saturated carbocycles. The number of para-hydroxylation sites is 1. The Balaban J connectivity index is 1.89. The Morgan fingerprint density at radius 1 is 1.38 bits per heavy atom. The van der Waals surface area contributed by atoms with E-state index in [0.717, 1.165) is 25.1 Å². The van der Waals surface area contributed by atoms with Crippen LogP contribution in [-0.2, 0) is 4.79 Å². The highest BCUT2D eigenvalue weighted by Gasteiger charge is 2.31. The maximum Gasteiger partial charge on any atom is 0.317 e. The molecular weight excluding hydrogens is 266 g/mol. The molecule has 0 unspecified atom stereocenters. The molecular formula is C16H23N3O2. The summed E-state index contributed by atoms with van der Waals surface area (Å²) in [7, 11) is 1.79. The Hall–Kier alpha value is -2.04. The van der Waals surface area contributed by atoms with Gasteiger partial charge in [0.25, 0.3) is 0 Å². The van der Waals surface area contributed by atoms with Gasteiger partial charge in [0.15, 0.2) is 0 Å². The van der Waals surface area contributed by atoms with E-state index in [1.807, 2.05) is 30.3 Å². The summed E-state index contributed by atoms with van der Waals surface area (Å²) < 4.78 is 0. The van der Waals surface area contributed by atoms with Crippen molar-refractivity contribution < 1.29 is 9.59 Å². The summed E-state index contributed by atoms with van der Waals surface area (Å²) in [6.07, 6.45) is 2.41. The van der Waals surface area contributed by atoms with Crippen LogP contribution in [0.1, 0.15) is 26.2 Å². The van der Waals surface area contributed by atoms with Crippen molar-refractivity contribution in [3.05, 3.63) is 30.3 Å². The zero-order valence-electron chi connectivity index (χ0n) is 12.7. The number of urea groups is 1. The largest absolute Gasteiger partial charge is 0.333 e. The molecule has 1 atom stereocenters. The van der Waals surface area contributed by atoms with Crippen molar-refractivity contribution in [3.63, 3.8) is 0 Å². The van der Waals surface area contributed by atoms with Gasteiger partial charge >= 0.3 is 6.03 Å². The molecule has 0 aromatic heterocycles. The van der Waals surface area contributed by atoms with Crippen LogP contribution in [0.15, 0.2) is 30.3 Å². The number of carbonyl (C=O) groups excluding carboxylic acids is 2. The summed E-state index contributed by atoms with van der Waals surface area (Å²) in [6, 6.07) is 9.35. The smallest absolute Gasteiger partial charge is 0.317 e. The van der Waals surface area contributed by atoms with Gasteiger partial charge in [-0.15, -0.1) is 0 Å². The summed E-state index contributed by atoms with van der Waals surface area (Å²) in [5.41, 5.74) is 0.888. The molecule has 1 N–H and O–H groups in total. The number of nitrogens with one attached hydrogen (secondary N) is 1. The maximum atomic E-state index is 12.1. The third kappa shape index (κ3) is 3.97. The second-order valence-corrected chi connectivity index (χ2v) is 5.47. The van der Waals surface area contributed by atoms with Crippen molar-refractivity contribution in [3.8, 4) is 0 Å². The SMILES string of the molecule is CCCCN(C)C(=O)N[C@H]1CC(=O)N(c2ccccc2)C1. The van der Waals surface area contributed by atoms with E-state index in [0.29, 0.717) is 13.0 Å². The highest BCUT2D eigenvalue weighted by molar-refractivity contribution is 5.96. The third-order valence-electron chi connectivity index (χ3n) is 3.71. The van der Waals surface area contributed by atoms with Crippen molar-refractivity contribution in [2.24, 2.45) is 0 Å². The first kappa shape index (κ1) is 15.4. The summed E-state index contributed by atoms with van der Waals surface area (Å²) in [5, 5.41) is 2.94. The van der Waals surface area contributed by atoms with Gasteiger partial charge < -0.3 is 15.1 Å². The van der Waals surface area contributed by atoms with Crippen LogP contribution in [0.3, 0.4) is 0 Å². The average molecular weight is 289 g/mol. The number of amides is 3. The fourth-order valence-electron chi connectivity index (χ4n) is 2.44. The van der Waals surface area contributed by atoms with Crippen LogP contribution in [-0.4, -0.2) is 43.0 Å². The highest BCUT2D eigenvalue weighted by atomic mass is 16.2. The fraction of sp³-hybridized carbons (Fsp3) is 0.500. The zero-order valence-corrected chi connectivity index (χ0v) is 12.7. The third-order valence-corrected chi connectivity index (χ3v) is 3.71. The van der Waals surface area contributed by atoms with Gasteiger partial charge in [0.2, 0.25) is 5.91 Å². The van der Waals surface area contributed by atoms with Crippen molar-refractivity contribution >= 4 is 17.6 Å². The summed E-state index contributed by atoms with van der Waals surface area (Å²) >= 11 is 0. The van der Waals surface area contributed by atoms with E-state index in [1.54, 1.807) is 16.8 Å². The normalized spacial score (nSPS) is 17.9. The van der Waals surface area contributed by atoms with Crippen LogP contribution in [0.2, 0.25) is 0 Å². The predicted octanol–water partition coefficient (Wildman–Crippen LogP) is 2.23. The van der Waals surface area contributed by atoms with E-state index in [4.69, 9.17) is 0 Å². The molecule has 5 heteroatoms. The molecule has 5 nitrogen and oxygen atoms in total. The molecule has 1 aliphatic heterocycles. The molecule has 1 saturated heterocycles. The molecule has 2 rings (SSSR count). The molecule has 0 spiro atoms. The molecule has 1 aromatic rings. The van der Waals surface area contributed by atoms with E-state index in [-0.39, 0.29) is 18.0 Å². The summed E-state index contributed by atoms with van der Waals surface area (Å²) in [4.78, 5) is 27.5. The lowest BCUT2D eigenvalue weighted by Gasteiger charge is -2.21. The van der Waals surface area contributed by atoms with Crippen LogP contribution in [0, 0.1) is 0 Å². The highest BCUT2D eigenvalue weighted by Crippen LogP contribution is 2.21. The Labute approximate surface area is 125 Å². The minimum atomic E-state index is -0.116. The number of nitrogens with zero attached hydrogens (tertiary/aromatic N) is 2. The van der Waals surface area contributed by atoms with Gasteiger partial charge in [-0.05, 0) is 18.6 Å². The first-order valence-corrected chi connectivity index (χ1v) is 7.49.